The zero-order chi connectivity index (χ0) is 28.4. The molecular formula is C33H46BrClN2O3S. The lowest BCUT2D eigenvalue weighted by molar-refractivity contribution is -0.683. The summed E-state index contributed by atoms with van der Waals surface area (Å²) in [5, 5.41) is 3.42. The molecule has 5 nitrogen and oxygen atoms in total. The van der Waals surface area contributed by atoms with E-state index in [9.17, 15) is 4.79 Å². The Hall–Kier alpha value is -2.09. The van der Waals surface area contributed by atoms with Crippen molar-refractivity contribution < 1.29 is 35.8 Å². The minimum Gasteiger partial charge on any atom is -1.00 e. The monoisotopic (exact) mass is 664 g/mol. The number of benzene rings is 2. The number of thiazole rings is 1. The average molecular weight is 666 g/mol. The van der Waals surface area contributed by atoms with Crippen LogP contribution in [0.25, 0.3) is 0 Å². The van der Waals surface area contributed by atoms with E-state index in [4.69, 9.17) is 21.1 Å². The van der Waals surface area contributed by atoms with Crippen molar-refractivity contribution in [3.05, 3.63) is 69.6 Å². The summed E-state index contributed by atoms with van der Waals surface area (Å²) in [6.45, 7) is 5.57. The first-order valence-electron chi connectivity index (χ1n) is 14.9. The smallest absolute Gasteiger partial charge is 0.262 e. The molecule has 1 amide bonds. The highest BCUT2D eigenvalue weighted by Crippen LogP contribution is 2.35. The second-order valence-corrected chi connectivity index (χ2v) is 12.0. The maximum absolute atomic E-state index is 12.6. The van der Waals surface area contributed by atoms with Gasteiger partial charge in [-0.2, -0.15) is 4.57 Å². The van der Waals surface area contributed by atoms with Gasteiger partial charge in [0, 0.05) is 11.3 Å². The molecule has 0 unspecified atom stereocenters. The number of aromatic nitrogens is 1. The van der Waals surface area contributed by atoms with Crippen LogP contribution in [0.2, 0.25) is 5.02 Å². The number of amides is 1. The molecule has 41 heavy (non-hydrogen) atoms. The van der Waals surface area contributed by atoms with E-state index in [1.807, 2.05) is 18.2 Å². The fraction of sp³-hybridized carbons (Fsp3) is 0.515. The number of unbranched alkanes of at least 4 members (excludes halogenated alkanes) is 11. The van der Waals surface area contributed by atoms with Crippen molar-refractivity contribution >= 4 is 34.5 Å². The molecule has 0 aliphatic heterocycles. The van der Waals surface area contributed by atoms with Gasteiger partial charge in [0.25, 0.3) is 5.91 Å². The van der Waals surface area contributed by atoms with Gasteiger partial charge in [-0.3, -0.25) is 4.79 Å². The molecule has 0 spiro atoms. The standard InChI is InChI=1S/C33H45ClN2O3S.BrH/c1-3-4-5-6-7-8-9-10-11-12-13-14-21-38-33-30(34)19-16-20-31(33)39-25-32(37)35-29-18-15-17-28(22-29)24-36-23-27(2)40-26-36;/h15-20,22-23,26H,3-14,21,24-25H2,1-2H3;1H. The van der Waals surface area contributed by atoms with E-state index < -0.39 is 0 Å². The zero-order valence-corrected chi connectivity index (χ0v) is 27.8. The summed E-state index contributed by atoms with van der Waals surface area (Å²) in [5.41, 5.74) is 3.95. The van der Waals surface area contributed by atoms with E-state index in [0.29, 0.717) is 23.1 Å². The maximum atomic E-state index is 12.6. The van der Waals surface area contributed by atoms with Crippen molar-refractivity contribution in [1.29, 1.82) is 0 Å². The first kappa shape index (κ1) is 35.1. The van der Waals surface area contributed by atoms with Crippen molar-refractivity contribution in [2.75, 3.05) is 18.5 Å². The summed E-state index contributed by atoms with van der Waals surface area (Å²) in [5.74, 6) is 0.757. The molecule has 0 saturated heterocycles. The number of para-hydroxylation sites is 1. The third kappa shape index (κ3) is 14.1. The quantitative estimate of drug-likeness (QED) is 0.116. The van der Waals surface area contributed by atoms with Crippen LogP contribution in [-0.2, 0) is 11.3 Å². The fourth-order valence-electron chi connectivity index (χ4n) is 4.69. The van der Waals surface area contributed by atoms with Gasteiger partial charge < -0.3 is 31.8 Å². The topological polar surface area (TPSA) is 51.4 Å². The molecule has 8 heteroatoms. The molecule has 1 aromatic heterocycles. The lowest BCUT2D eigenvalue weighted by Gasteiger charge is -2.14. The molecule has 0 bridgehead atoms. The number of halogens is 2. The van der Waals surface area contributed by atoms with Gasteiger partial charge >= 0.3 is 0 Å². The summed E-state index contributed by atoms with van der Waals surface area (Å²) in [6, 6.07) is 13.2. The molecule has 0 atom stereocenters. The highest BCUT2D eigenvalue weighted by Gasteiger charge is 2.13. The first-order valence-corrected chi connectivity index (χ1v) is 16.2. The van der Waals surface area contributed by atoms with Crippen LogP contribution < -0.4 is 36.3 Å². The van der Waals surface area contributed by atoms with Crippen LogP contribution >= 0.6 is 22.9 Å². The van der Waals surface area contributed by atoms with Gasteiger partial charge in [0.1, 0.15) is 0 Å². The summed E-state index contributed by atoms with van der Waals surface area (Å²) < 4.78 is 14.0. The Balaban J connectivity index is 0.00000588. The molecule has 0 aliphatic carbocycles. The Morgan fingerprint density at radius 2 is 1.56 bits per heavy atom. The van der Waals surface area contributed by atoms with Gasteiger partial charge in [-0.15, -0.1) is 0 Å². The highest BCUT2D eigenvalue weighted by molar-refractivity contribution is 7.09. The largest absolute Gasteiger partial charge is 1.00 e. The normalized spacial score (nSPS) is 10.7. The number of nitrogens with one attached hydrogen (secondary N) is 1. The van der Waals surface area contributed by atoms with E-state index in [1.165, 1.54) is 69.1 Å². The summed E-state index contributed by atoms with van der Waals surface area (Å²) in [4.78, 5) is 13.9. The molecule has 2 aromatic carbocycles. The molecule has 0 radical (unpaired) electrons. The van der Waals surface area contributed by atoms with Crippen molar-refractivity contribution in [2.45, 2.75) is 97.4 Å². The predicted octanol–water partition coefficient (Wildman–Crippen LogP) is 6.15. The molecule has 3 rings (SSSR count). The van der Waals surface area contributed by atoms with Gasteiger partial charge in [-0.1, -0.05) is 119 Å². The lowest BCUT2D eigenvalue weighted by Crippen LogP contribution is -3.00. The Morgan fingerprint density at radius 1 is 0.902 bits per heavy atom. The third-order valence-corrected chi connectivity index (χ3v) is 7.98. The van der Waals surface area contributed by atoms with Crippen LogP contribution in [0, 0.1) is 6.92 Å². The minimum absolute atomic E-state index is 0. The molecule has 0 aliphatic rings. The van der Waals surface area contributed by atoms with Gasteiger partial charge in [-0.05, 0) is 37.6 Å². The number of aryl methyl sites for hydroxylation is 1. The number of anilines is 1. The average Bonchev–Trinajstić information content (AvgIpc) is 3.35. The molecule has 3 aromatic rings. The molecule has 1 N–H and O–H groups in total. The van der Waals surface area contributed by atoms with Gasteiger partial charge in [0.15, 0.2) is 30.8 Å². The SMILES string of the molecule is CCCCCCCCCCCCCCOc1c(Cl)cccc1OCC(=O)Nc1cccc(C[n+]2csc(C)c2)c1.[Br-]. The number of hydrogen-bond donors (Lipinski definition) is 1. The van der Waals surface area contributed by atoms with Crippen molar-refractivity contribution in [3.8, 4) is 11.5 Å². The van der Waals surface area contributed by atoms with Crippen LogP contribution in [0.1, 0.15) is 94.4 Å². The fourth-order valence-corrected chi connectivity index (χ4v) is 5.54. The number of hydrogen-bond acceptors (Lipinski definition) is 4. The Labute approximate surface area is 266 Å². The molecule has 0 saturated carbocycles. The molecule has 1 heterocycles. The summed E-state index contributed by atoms with van der Waals surface area (Å²) in [7, 11) is 0. The van der Waals surface area contributed by atoms with Crippen molar-refractivity contribution in [1.82, 2.24) is 0 Å². The van der Waals surface area contributed by atoms with Gasteiger partial charge in [0.2, 0.25) is 5.51 Å². The van der Waals surface area contributed by atoms with E-state index in [-0.39, 0.29) is 29.5 Å². The van der Waals surface area contributed by atoms with Crippen LogP contribution in [0.4, 0.5) is 5.69 Å². The Bertz CT molecular complexity index is 1160. The van der Waals surface area contributed by atoms with Gasteiger partial charge in [-0.25, -0.2) is 0 Å². The van der Waals surface area contributed by atoms with Crippen LogP contribution in [0.5, 0.6) is 11.5 Å². The molecular weight excluding hydrogens is 620 g/mol. The first-order chi connectivity index (χ1) is 19.5. The summed E-state index contributed by atoms with van der Waals surface area (Å²) in [6.07, 6.45) is 17.7. The second-order valence-electron chi connectivity index (χ2n) is 10.5. The van der Waals surface area contributed by atoms with Crippen LogP contribution in [-0.4, -0.2) is 19.1 Å². The van der Waals surface area contributed by atoms with E-state index in [0.717, 1.165) is 30.6 Å². The lowest BCUT2D eigenvalue weighted by atomic mass is 10.1. The molecule has 0 fully saturated rings. The zero-order valence-electron chi connectivity index (χ0n) is 24.6. The van der Waals surface area contributed by atoms with Gasteiger partial charge in [0.05, 0.1) is 16.5 Å². The van der Waals surface area contributed by atoms with E-state index in [1.54, 1.807) is 29.5 Å². The van der Waals surface area contributed by atoms with E-state index >= 15 is 0 Å². The number of ether oxygens (including phenoxy) is 2. The number of rotatable bonds is 20. The van der Waals surface area contributed by atoms with Crippen molar-refractivity contribution in [2.24, 2.45) is 0 Å². The number of carbonyl (C=O) groups excluding carboxylic acids is 1. The molecule has 226 valence electrons. The maximum Gasteiger partial charge on any atom is 0.262 e. The second kappa shape index (κ2) is 20.7. The summed E-state index contributed by atoms with van der Waals surface area (Å²) >= 11 is 8.12. The van der Waals surface area contributed by atoms with E-state index in [2.05, 4.69) is 41.5 Å². The number of nitrogens with zero attached hydrogens (tertiary/aromatic N) is 1. The van der Waals surface area contributed by atoms with Crippen LogP contribution in [0.3, 0.4) is 0 Å². The Morgan fingerprint density at radius 3 is 2.22 bits per heavy atom. The number of carbonyl (C=O) groups is 1. The minimum atomic E-state index is -0.233. The van der Waals surface area contributed by atoms with Crippen LogP contribution in [0.15, 0.2) is 54.2 Å². The highest BCUT2D eigenvalue weighted by atomic mass is 79.9. The predicted molar refractivity (Wildman–Crippen MR) is 167 cm³/mol. The Kier molecular flexibility index (Phi) is 17.8. The van der Waals surface area contributed by atoms with Crippen molar-refractivity contribution in [3.63, 3.8) is 0 Å². The third-order valence-electron chi connectivity index (χ3n) is 6.83.